The van der Waals surface area contributed by atoms with Crippen LogP contribution in [0.1, 0.15) is 24.2 Å². The molecule has 4 nitrogen and oxygen atoms in total. The lowest BCUT2D eigenvalue weighted by molar-refractivity contribution is -0.131. The van der Waals surface area contributed by atoms with Gasteiger partial charge in [-0.1, -0.05) is 0 Å². The van der Waals surface area contributed by atoms with Crippen LogP contribution < -0.4 is 5.32 Å². The Morgan fingerprint density at radius 3 is 2.68 bits per heavy atom. The molecule has 0 aliphatic rings. The largest absolute Gasteiger partial charge is 0.344 e. The molecule has 1 rings (SSSR count). The van der Waals surface area contributed by atoms with E-state index in [1.807, 2.05) is 6.92 Å². The minimum absolute atomic E-state index is 0.117. The zero-order valence-corrected chi connectivity index (χ0v) is 13.6. The summed E-state index contributed by atoms with van der Waals surface area (Å²) >= 11 is 7.51. The van der Waals surface area contributed by atoms with Crippen molar-refractivity contribution in [2.75, 3.05) is 13.6 Å². The van der Waals surface area contributed by atoms with E-state index in [-0.39, 0.29) is 11.8 Å². The molecule has 19 heavy (non-hydrogen) atoms. The number of benzene rings is 1. The lowest BCUT2D eigenvalue weighted by Gasteiger charge is -2.20. The van der Waals surface area contributed by atoms with Crippen LogP contribution in [-0.4, -0.2) is 36.3 Å². The van der Waals surface area contributed by atoms with Gasteiger partial charge in [-0.15, -0.1) is 12.6 Å². The molecule has 6 heteroatoms. The first kappa shape index (κ1) is 16.0. The van der Waals surface area contributed by atoms with E-state index in [1.54, 1.807) is 37.1 Å². The van der Waals surface area contributed by atoms with E-state index in [2.05, 4.69) is 33.9 Å². The second kappa shape index (κ2) is 6.96. The molecule has 0 radical (unpaired) electrons. The molecule has 1 aromatic rings. The minimum atomic E-state index is -0.562. The Balaban J connectivity index is 2.80. The maximum absolute atomic E-state index is 12.1. The third-order valence-corrected chi connectivity index (χ3v) is 3.73. The Hall–Kier alpha value is -1.01. The van der Waals surface area contributed by atoms with E-state index in [0.717, 1.165) is 0 Å². The summed E-state index contributed by atoms with van der Waals surface area (Å²) in [5.41, 5.74) is 0.464. The van der Waals surface area contributed by atoms with Crippen molar-refractivity contribution in [1.29, 1.82) is 0 Å². The van der Waals surface area contributed by atoms with Crippen molar-refractivity contribution in [2.45, 2.75) is 24.8 Å². The molecule has 0 aliphatic heterocycles. The number of thiol groups is 1. The van der Waals surface area contributed by atoms with E-state index in [9.17, 15) is 9.59 Å². The summed E-state index contributed by atoms with van der Waals surface area (Å²) in [5.74, 6) is -0.415. The smallest absolute Gasteiger partial charge is 0.253 e. The third kappa shape index (κ3) is 4.24. The fraction of sp³-hybridized carbons (Fsp3) is 0.385. The molecular weight excluding hydrogens is 328 g/mol. The lowest BCUT2D eigenvalue weighted by Crippen LogP contribution is -2.45. The minimum Gasteiger partial charge on any atom is -0.344 e. The number of nitrogens with one attached hydrogen (secondary N) is 1. The van der Waals surface area contributed by atoms with Crippen LogP contribution in [0.4, 0.5) is 0 Å². The Bertz CT molecular complexity index is 494. The highest BCUT2D eigenvalue weighted by molar-refractivity contribution is 9.10. The fourth-order valence-electron chi connectivity index (χ4n) is 1.51. The quantitative estimate of drug-likeness (QED) is 0.823. The number of likely N-dealkylation sites (N-methyl/N-ethyl adjacent to an activating group) is 1. The van der Waals surface area contributed by atoms with E-state index in [0.29, 0.717) is 21.5 Å². The molecule has 1 N–H and O–H groups in total. The van der Waals surface area contributed by atoms with Gasteiger partial charge in [0.2, 0.25) is 5.91 Å². The van der Waals surface area contributed by atoms with E-state index >= 15 is 0 Å². The number of carbonyl (C=O) groups is 2. The van der Waals surface area contributed by atoms with E-state index in [1.165, 1.54) is 0 Å². The van der Waals surface area contributed by atoms with Gasteiger partial charge in [0, 0.05) is 23.0 Å². The number of hydrogen-bond donors (Lipinski definition) is 2. The summed E-state index contributed by atoms with van der Waals surface area (Å²) in [5, 5.41) is 2.69. The predicted molar refractivity (Wildman–Crippen MR) is 81.6 cm³/mol. The average Bonchev–Trinajstić information content (AvgIpc) is 2.39. The van der Waals surface area contributed by atoms with Crippen molar-refractivity contribution in [3.63, 3.8) is 0 Å². The monoisotopic (exact) mass is 344 g/mol. The SMILES string of the molecule is CCN(C)C(=O)C(C)NC(=O)c1cc(S)ccc1Br. The number of hydrogen-bond acceptors (Lipinski definition) is 3. The lowest BCUT2D eigenvalue weighted by atomic mass is 10.2. The molecule has 0 spiro atoms. The van der Waals surface area contributed by atoms with Gasteiger partial charge >= 0.3 is 0 Å². The van der Waals surface area contributed by atoms with Crippen molar-refractivity contribution in [1.82, 2.24) is 10.2 Å². The summed E-state index contributed by atoms with van der Waals surface area (Å²) in [6.07, 6.45) is 0. The van der Waals surface area contributed by atoms with Crippen LogP contribution in [0.15, 0.2) is 27.6 Å². The van der Waals surface area contributed by atoms with Gasteiger partial charge in [-0.05, 0) is 48.0 Å². The Labute approximate surface area is 127 Å². The molecule has 0 saturated heterocycles. The molecule has 0 saturated carbocycles. The first-order valence-electron chi connectivity index (χ1n) is 5.91. The highest BCUT2D eigenvalue weighted by Gasteiger charge is 2.20. The van der Waals surface area contributed by atoms with E-state index < -0.39 is 6.04 Å². The van der Waals surface area contributed by atoms with Gasteiger partial charge in [0.25, 0.3) is 5.91 Å². The van der Waals surface area contributed by atoms with Crippen molar-refractivity contribution in [2.24, 2.45) is 0 Å². The number of carbonyl (C=O) groups excluding carboxylic acids is 2. The normalized spacial score (nSPS) is 11.8. The Kier molecular flexibility index (Phi) is 5.87. The van der Waals surface area contributed by atoms with Crippen molar-refractivity contribution < 1.29 is 9.59 Å². The van der Waals surface area contributed by atoms with Crippen LogP contribution in [0, 0.1) is 0 Å². The number of halogens is 1. The van der Waals surface area contributed by atoms with Gasteiger partial charge < -0.3 is 10.2 Å². The van der Waals surface area contributed by atoms with Crippen LogP contribution in [0.25, 0.3) is 0 Å². The van der Waals surface area contributed by atoms with Crippen molar-refractivity contribution in [3.8, 4) is 0 Å². The van der Waals surface area contributed by atoms with Crippen molar-refractivity contribution in [3.05, 3.63) is 28.2 Å². The molecule has 2 amide bonds. The maximum atomic E-state index is 12.1. The van der Waals surface area contributed by atoms with Crippen LogP contribution >= 0.6 is 28.6 Å². The maximum Gasteiger partial charge on any atom is 0.253 e. The number of amides is 2. The summed E-state index contributed by atoms with van der Waals surface area (Å²) in [6, 6.07) is 4.63. The molecule has 0 heterocycles. The first-order valence-corrected chi connectivity index (χ1v) is 7.15. The first-order chi connectivity index (χ1) is 8.86. The second-order valence-corrected chi connectivity index (χ2v) is 5.58. The number of nitrogens with zero attached hydrogens (tertiary/aromatic N) is 1. The van der Waals surface area contributed by atoms with Gasteiger partial charge in [-0.25, -0.2) is 0 Å². The van der Waals surface area contributed by atoms with Crippen LogP contribution in [0.3, 0.4) is 0 Å². The van der Waals surface area contributed by atoms with Gasteiger partial charge in [-0.3, -0.25) is 9.59 Å². The predicted octanol–water partition coefficient (Wildman–Crippen LogP) is 2.33. The summed E-state index contributed by atoms with van der Waals surface area (Å²) in [6.45, 7) is 4.16. The fourth-order valence-corrected chi connectivity index (χ4v) is 2.14. The summed E-state index contributed by atoms with van der Waals surface area (Å²) in [7, 11) is 1.70. The van der Waals surface area contributed by atoms with Crippen LogP contribution in [0.5, 0.6) is 0 Å². The van der Waals surface area contributed by atoms with Gasteiger partial charge in [0.15, 0.2) is 0 Å². The highest BCUT2D eigenvalue weighted by Crippen LogP contribution is 2.20. The average molecular weight is 345 g/mol. The molecular formula is C13H17BrN2O2S. The van der Waals surface area contributed by atoms with Gasteiger partial charge in [0.1, 0.15) is 6.04 Å². The zero-order chi connectivity index (χ0) is 14.6. The van der Waals surface area contributed by atoms with Crippen LogP contribution in [-0.2, 0) is 4.79 Å². The molecule has 0 bridgehead atoms. The highest BCUT2D eigenvalue weighted by atomic mass is 79.9. The summed E-state index contributed by atoms with van der Waals surface area (Å²) in [4.78, 5) is 26.2. The molecule has 0 fully saturated rings. The van der Waals surface area contributed by atoms with Crippen molar-refractivity contribution >= 4 is 40.4 Å². The Morgan fingerprint density at radius 2 is 2.11 bits per heavy atom. The summed E-state index contributed by atoms with van der Waals surface area (Å²) < 4.78 is 0.672. The molecule has 0 aliphatic carbocycles. The third-order valence-electron chi connectivity index (χ3n) is 2.76. The Morgan fingerprint density at radius 1 is 1.47 bits per heavy atom. The molecule has 0 aromatic heterocycles. The molecule has 1 unspecified atom stereocenters. The van der Waals surface area contributed by atoms with E-state index in [4.69, 9.17) is 0 Å². The zero-order valence-electron chi connectivity index (χ0n) is 11.1. The topological polar surface area (TPSA) is 49.4 Å². The molecule has 1 atom stereocenters. The standard InChI is InChI=1S/C13H17BrN2O2S/c1-4-16(3)13(18)8(2)15-12(17)10-7-9(19)5-6-11(10)14/h5-8,19H,4H2,1-3H3,(H,15,17). The number of rotatable bonds is 4. The molecule has 1 aromatic carbocycles. The second-order valence-electron chi connectivity index (χ2n) is 4.21. The van der Waals surface area contributed by atoms with Gasteiger partial charge in [-0.2, -0.15) is 0 Å². The van der Waals surface area contributed by atoms with Gasteiger partial charge in [0.05, 0.1) is 5.56 Å². The van der Waals surface area contributed by atoms with Crippen LogP contribution in [0.2, 0.25) is 0 Å². The molecule has 104 valence electrons.